The number of hydrogen-bond donors (Lipinski definition) is 0. The predicted octanol–water partition coefficient (Wildman–Crippen LogP) is 7.31. The van der Waals surface area contributed by atoms with Crippen molar-refractivity contribution in [2.24, 2.45) is 0 Å². The lowest BCUT2D eigenvalue weighted by Crippen LogP contribution is -2.21. The van der Waals surface area contributed by atoms with Gasteiger partial charge in [-0.1, -0.05) is 49.4 Å². The highest BCUT2D eigenvalue weighted by molar-refractivity contribution is 5.74. The Labute approximate surface area is 218 Å². The van der Waals surface area contributed by atoms with Gasteiger partial charge in [-0.3, -0.25) is 0 Å². The Morgan fingerprint density at radius 1 is 1.11 bits per heavy atom. The van der Waals surface area contributed by atoms with E-state index < -0.39 is 0 Å². The maximum Gasteiger partial charge on any atom is 0.139 e. The van der Waals surface area contributed by atoms with E-state index >= 15 is 0 Å². The highest BCUT2D eigenvalue weighted by Gasteiger charge is 2.23. The minimum atomic E-state index is 0.153. The normalized spacial score (nSPS) is 18.5. The first-order valence-electron chi connectivity index (χ1n) is 12.6. The number of anilines is 2. The van der Waals surface area contributed by atoms with Crippen LogP contribution in [0.3, 0.4) is 0 Å². The molecule has 1 aromatic carbocycles. The fourth-order valence-electron chi connectivity index (χ4n) is 5.20. The second-order valence-corrected chi connectivity index (χ2v) is 9.53. The van der Waals surface area contributed by atoms with Crippen molar-refractivity contribution in [3.63, 3.8) is 0 Å². The van der Waals surface area contributed by atoms with E-state index in [0.717, 1.165) is 47.0 Å². The number of nitrogens with zero attached hydrogens (tertiary/aromatic N) is 5. The Kier molecular flexibility index (Phi) is 6.62. The van der Waals surface area contributed by atoms with Crippen LogP contribution in [0.1, 0.15) is 59.8 Å². The fourth-order valence-corrected chi connectivity index (χ4v) is 5.20. The molecule has 5 rings (SSSR count). The molecular weight excluding hydrogens is 454 g/mol. The molecule has 1 aliphatic heterocycles. The smallest absolute Gasteiger partial charge is 0.139 e. The lowest BCUT2D eigenvalue weighted by Gasteiger charge is -2.27. The average molecular weight is 484 g/mol. The van der Waals surface area contributed by atoms with Crippen LogP contribution in [-0.4, -0.2) is 16.1 Å². The van der Waals surface area contributed by atoms with Crippen molar-refractivity contribution >= 4 is 23.7 Å². The van der Waals surface area contributed by atoms with E-state index in [1.807, 2.05) is 37.3 Å². The van der Waals surface area contributed by atoms with Crippen LogP contribution < -0.4 is 4.90 Å². The summed E-state index contributed by atoms with van der Waals surface area (Å²) in [6.07, 6.45) is 16.7. The molecule has 0 fully saturated rings. The van der Waals surface area contributed by atoms with Gasteiger partial charge >= 0.3 is 0 Å². The SMILES string of the molecule is C/C(C#N)=C\c1c2c(n(-c3cccc(N4C/C=C\C=C/C(C)c5cc(C#N)ccc54)n3)c1C)CCC=C2. The van der Waals surface area contributed by atoms with Crippen LogP contribution in [0, 0.1) is 29.6 Å². The van der Waals surface area contributed by atoms with Gasteiger partial charge in [0.15, 0.2) is 0 Å². The third-order valence-corrected chi connectivity index (χ3v) is 7.06. The standard InChI is InChI=1S/C32H29N5/c1-22(20-33)18-28-24(3)37(30-12-7-6-11-26(28)30)32-14-9-13-31(35-32)36-17-8-4-5-10-23(2)27-19-25(21-34)15-16-29(27)36/h4-6,8-11,13-16,18-19,23H,7,12,17H2,1-3H3/b8-4-,10-5-,22-18+. The van der Waals surface area contributed by atoms with Crippen molar-refractivity contribution in [2.75, 3.05) is 11.4 Å². The van der Waals surface area contributed by atoms with E-state index in [4.69, 9.17) is 4.98 Å². The number of pyridine rings is 1. The van der Waals surface area contributed by atoms with Gasteiger partial charge < -0.3 is 9.47 Å². The van der Waals surface area contributed by atoms with Crippen molar-refractivity contribution < 1.29 is 0 Å². The van der Waals surface area contributed by atoms with E-state index in [1.165, 1.54) is 11.3 Å². The third-order valence-electron chi connectivity index (χ3n) is 7.06. The number of fused-ring (bicyclic) bond motifs is 2. The van der Waals surface area contributed by atoms with Crippen LogP contribution in [0.4, 0.5) is 11.5 Å². The monoisotopic (exact) mass is 483 g/mol. The van der Waals surface area contributed by atoms with Gasteiger partial charge in [-0.15, -0.1) is 0 Å². The summed E-state index contributed by atoms with van der Waals surface area (Å²) < 4.78 is 2.24. The van der Waals surface area contributed by atoms with Gasteiger partial charge in [0.05, 0.1) is 17.7 Å². The molecule has 0 bridgehead atoms. The minimum absolute atomic E-state index is 0.153. The molecule has 5 nitrogen and oxygen atoms in total. The van der Waals surface area contributed by atoms with Crippen LogP contribution >= 0.6 is 0 Å². The number of nitriles is 2. The molecule has 37 heavy (non-hydrogen) atoms. The van der Waals surface area contributed by atoms with Crippen molar-refractivity contribution in [3.8, 4) is 18.0 Å². The number of benzene rings is 1. The second-order valence-electron chi connectivity index (χ2n) is 9.53. The molecule has 2 aromatic heterocycles. The Hall–Kier alpha value is -4.61. The summed E-state index contributed by atoms with van der Waals surface area (Å²) in [7, 11) is 0. The first kappa shape index (κ1) is 24.1. The molecule has 0 amide bonds. The van der Waals surface area contributed by atoms with E-state index in [0.29, 0.717) is 17.7 Å². The first-order chi connectivity index (χ1) is 18.0. The summed E-state index contributed by atoms with van der Waals surface area (Å²) in [4.78, 5) is 7.39. The Morgan fingerprint density at radius 3 is 2.76 bits per heavy atom. The molecule has 0 spiro atoms. The van der Waals surface area contributed by atoms with Gasteiger partial charge in [-0.05, 0) is 68.7 Å². The number of allylic oxidation sites excluding steroid dienone is 5. The maximum atomic E-state index is 9.51. The number of aromatic nitrogens is 2. The Bertz CT molecular complexity index is 1570. The average Bonchev–Trinajstić information content (AvgIpc) is 3.24. The number of rotatable bonds is 3. The van der Waals surface area contributed by atoms with E-state index in [1.54, 1.807) is 0 Å². The zero-order chi connectivity index (χ0) is 25.9. The van der Waals surface area contributed by atoms with Crippen molar-refractivity contribution in [1.82, 2.24) is 9.55 Å². The fraction of sp³-hybridized carbons (Fsp3) is 0.219. The molecule has 1 aliphatic carbocycles. The highest BCUT2D eigenvalue weighted by Crippen LogP contribution is 2.36. The topological polar surface area (TPSA) is 68.6 Å². The Morgan fingerprint density at radius 2 is 1.95 bits per heavy atom. The van der Waals surface area contributed by atoms with E-state index in [-0.39, 0.29) is 5.92 Å². The zero-order valence-corrected chi connectivity index (χ0v) is 21.4. The second kappa shape index (κ2) is 10.2. The van der Waals surface area contributed by atoms with Crippen molar-refractivity contribution in [1.29, 1.82) is 10.5 Å². The van der Waals surface area contributed by atoms with E-state index in [2.05, 4.69) is 84.0 Å². The molecule has 0 saturated heterocycles. The van der Waals surface area contributed by atoms with Crippen LogP contribution in [0.2, 0.25) is 0 Å². The van der Waals surface area contributed by atoms with Gasteiger partial charge in [0.1, 0.15) is 11.6 Å². The predicted molar refractivity (Wildman–Crippen MR) is 150 cm³/mol. The van der Waals surface area contributed by atoms with Crippen LogP contribution in [0.5, 0.6) is 0 Å². The zero-order valence-electron chi connectivity index (χ0n) is 21.4. The highest BCUT2D eigenvalue weighted by atomic mass is 15.2. The van der Waals surface area contributed by atoms with Gasteiger partial charge in [0, 0.05) is 46.2 Å². The van der Waals surface area contributed by atoms with Crippen LogP contribution in [-0.2, 0) is 6.42 Å². The molecule has 3 heterocycles. The summed E-state index contributed by atoms with van der Waals surface area (Å²) in [5.41, 5.74) is 8.05. The van der Waals surface area contributed by atoms with Crippen LogP contribution in [0.25, 0.3) is 18.0 Å². The molecule has 0 N–H and O–H groups in total. The van der Waals surface area contributed by atoms with Gasteiger partial charge in [0.25, 0.3) is 0 Å². The largest absolute Gasteiger partial charge is 0.322 e. The number of hydrogen-bond acceptors (Lipinski definition) is 4. The minimum Gasteiger partial charge on any atom is -0.322 e. The van der Waals surface area contributed by atoms with Crippen molar-refractivity contribution in [3.05, 3.63) is 106 Å². The molecule has 0 saturated carbocycles. The van der Waals surface area contributed by atoms with E-state index in [9.17, 15) is 10.5 Å². The molecule has 3 aromatic rings. The molecule has 5 heteroatoms. The van der Waals surface area contributed by atoms with Gasteiger partial charge in [-0.2, -0.15) is 10.5 Å². The summed E-state index contributed by atoms with van der Waals surface area (Å²) in [6, 6.07) is 16.6. The lowest BCUT2D eigenvalue weighted by molar-refractivity contribution is 0.834. The molecular formula is C32H29N5. The Balaban J connectivity index is 1.66. The lowest BCUT2D eigenvalue weighted by atomic mass is 9.96. The van der Waals surface area contributed by atoms with Gasteiger partial charge in [0.2, 0.25) is 0 Å². The summed E-state index contributed by atoms with van der Waals surface area (Å²) in [6.45, 7) is 6.76. The maximum absolute atomic E-state index is 9.51. The summed E-state index contributed by atoms with van der Waals surface area (Å²) in [5.74, 6) is 1.86. The molecule has 182 valence electrons. The van der Waals surface area contributed by atoms with Crippen LogP contribution in [0.15, 0.2) is 72.4 Å². The summed E-state index contributed by atoms with van der Waals surface area (Å²) >= 11 is 0. The molecule has 2 aliphatic rings. The summed E-state index contributed by atoms with van der Waals surface area (Å²) in [5, 5.41) is 18.9. The molecule has 0 radical (unpaired) electrons. The van der Waals surface area contributed by atoms with Crippen molar-refractivity contribution in [2.45, 2.75) is 39.5 Å². The molecule has 1 atom stereocenters. The van der Waals surface area contributed by atoms with Gasteiger partial charge in [-0.25, -0.2) is 4.98 Å². The molecule has 1 unspecified atom stereocenters. The first-order valence-corrected chi connectivity index (χ1v) is 12.6. The third kappa shape index (κ3) is 4.53. The quantitative estimate of drug-likeness (QED) is 0.366.